The van der Waals surface area contributed by atoms with Crippen molar-refractivity contribution in [3.8, 4) is 5.75 Å². The predicted molar refractivity (Wildman–Crippen MR) is 177 cm³/mol. The van der Waals surface area contributed by atoms with E-state index in [1.54, 1.807) is 9.80 Å². The van der Waals surface area contributed by atoms with Gasteiger partial charge in [0.2, 0.25) is 23.6 Å². The lowest BCUT2D eigenvalue weighted by Crippen LogP contribution is -2.62. The molecule has 4 fully saturated rings. The van der Waals surface area contributed by atoms with Crippen molar-refractivity contribution >= 4 is 23.6 Å². The molecule has 2 saturated heterocycles. The lowest BCUT2D eigenvalue weighted by atomic mass is 9.95. The standard InChI is InChI=1S/C36H55N5O5/c1-8-11-27(39-31(42)29-28-25(35(28,5)6)19-40(29)32(43)26(37)18-24-14-15-24)33(44)41-17-10-16-36(41,7)34(45)38-23(4)20-46-30-21(2)12-9-13-22(30)3/h9,12-13,23-29H,8,10-11,14-20,37H2,1-7H3,(H,38,45)(H,39,42)/t23?,25?,26-,27-,28-,29-,36-/m0/s1. The van der Waals surface area contributed by atoms with E-state index in [4.69, 9.17) is 10.5 Å². The van der Waals surface area contributed by atoms with E-state index in [0.717, 1.165) is 29.7 Å². The molecule has 4 amide bonds. The molecule has 5 rings (SSSR count). The number of fused-ring (bicyclic) bond motifs is 1. The van der Waals surface area contributed by atoms with Crippen molar-refractivity contribution in [3.05, 3.63) is 29.3 Å². The molecule has 1 aromatic rings. The molecule has 2 aliphatic carbocycles. The number of hydrogen-bond donors (Lipinski definition) is 3. The zero-order chi connectivity index (χ0) is 33.6. The third kappa shape index (κ3) is 6.64. The smallest absolute Gasteiger partial charge is 0.246 e. The molecule has 2 aliphatic heterocycles. The highest BCUT2D eigenvalue weighted by molar-refractivity contribution is 5.97. The summed E-state index contributed by atoms with van der Waals surface area (Å²) in [6, 6.07) is 3.67. The van der Waals surface area contributed by atoms with Crippen LogP contribution in [0.4, 0.5) is 0 Å². The quantitative estimate of drug-likeness (QED) is 0.303. The minimum absolute atomic E-state index is 0.0388. The Bertz CT molecular complexity index is 1320. The molecule has 2 heterocycles. The number of ether oxygens (including phenoxy) is 1. The van der Waals surface area contributed by atoms with Crippen LogP contribution in [0.1, 0.15) is 90.7 Å². The lowest BCUT2D eigenvalue weighted by molar-refractivity contribution is -0.148. The summed E-state index contributed by atoms with van der Waals surface area (Å²) in [5, 5.41) is 6.14. The normalized spacial score (nSPS) is 28.2. The molecule has 46 heavy (non-hydrogen) atoms. The molecule has 254 valence electrons. The van der Waals surface area contributed by atoms with E-state index < -0.39 is 23.7 Å². The number of para-hydroxylation sites is 1. The van der Waals surface area contributed by atoms with Crippen LogP contribution in [0, 0.1) is 37.0 Å². The largest absolute Gasteiger partial charge is 0.491 e. The van der Waals surface area contributed by atoms with Crippen LogP contribution in [0.5, 0.6) is 5.75 Å². The third-order valence-electron chi connectivity index (χ3n) is 11.2. The summed E-state index contributed by atoms with van der Waals surface area (Å²) in [5.41, 5.74) is 7.31. The Kier molecular flexibility index (Phi) is 9.79. The number of amides is 4. The number of nitrogens with two attached hydrogens (primary N) is 1. The lowest BCUT2D eigenvalue weighted by Gasteiger charge is -2.38. The van der Waals surface area contributed by atoms with Crippen molar-refractivity contribution in [2.24, 2.45) is 28.9 Å². The van der Waals surface area contributed by atoms with E-state index in [1.807, 2.05) is 52.8 Å². The molecule has 0 aromatic heterocycles. The molecule has 0 spiro atoms. The van der Waals surface area contributed by atoms with Gasteiger partial charge >= 0.3 is 0 Å². The first-order valence-electron chi connectivity index (χ1n) is 17.4. The van der Waals surface area contributed by atoms with E-state index >= 15 is 0 Å². The van der Waals surface area contributed by atoms with Crippen LogP contribution >= 0.6 is 0 Å². The average Bonchev–Trinajstić information content (AvgIpc) is 3.76. The van der Waals surface area contributed by atoms with Crippen molar-refractivity contribution < 1.29 is 23.9 Å². The van der Waals surface area contributed by atoms with Crippen molar-refractivity contribution in [3.63, 3.8) is 0 Å². The van der Waals surface area contributed by atoms with Gasteiger partial charge in [-0.3, -0.25) is 19.2 Å². The fraction of sp³-hybridized carbons (Fsp3) is 0.722. The van der Waals surface area contributed by atoms with Crippen LogP contribution in [-0.4, -0.2) is 82.8 Å². The van der Waals surface area contributed by atoms with Gasteiger partial charge in [-0.05, 0) is 87.7 Å². The van der Waals surface area contributed by atoms with E-state index in [2.05, 4.69) is 24.5 Å². The summed E-state index contributed by atoms with van der Waals surface area (Å²) in [6.45, 7) is 15.2. The van der Waals surface area contributed by atoms with Crippen LogP contribution in [0.15, 0.2) is 18.2 Å². The first-order valence-corrected chi connectivity index (χ1v) is 17.4. The highest BCUT2D eigenvalue weighted by Crippen LogP contribution is 2.65. The van der Waals surface area contributed by atoms with Gasteiger partial charge in [0.1, 0.15) is 30.0 Å². The van der Waals surface area contributed by atoms with Gasteiger partial charge in [-0.25, -0.2) is 0 Å². The second-order valence-electron chi connectivity index (χ2n) is 15.3. The number of benzene rings is 1. The zero-order valence-electron chi connectivity index (χ0n) is 28.9. The molecule has 4 N–H and O–H groups in total. The molecule has 0 radical (unpaired) electrons. The van der Waals surface area contributed by atoms with E-state index in [9.17, 15) is 19.2 Å². The predicted octanol–water partition coefficient (Wildman–Crippen LogP) is 3.46. The molecule has 2 saturated carbocycles. The molecule has 7 atom stereocenters. The number of piperidine rings is 1. The van der Waals surface area contributed by atoms with Gasteiger partial charge in [0.25, 0.3) is 0 Å². The van der Waals surface area contributed by atoms with Crippen molar-refractivity contribution in [1.82, 2.24) is 20.4 Å². The van der Waals surface area contributed by atoms with Gasteiger partial charge in [-0.1, -0.05) is 58.2 Å². The van der Waals surface area contributed by atoms with E-state index in [0.29, 0.717) is 57.7 Å². The molecule has 1 aromatic carbocycles. The number of nitrogens with one attached hydrogen (secondary N) is 2. The summed E-state index contributed by atoms with van der Waals surface area (Å²) < 4.78 is 6.07. The monoisotopic (exact) mass is 637 g/mol. The average molecular weight is 638 g/mol. The first kappa shape index (κ1) is 34.2. The minimum atomic E-state index is -1.05. The summed E-state index contributed by atoms with van der Waals surface area (Å²) in [6.07, 6.45) is 5.22. The second kappa shape index (κ2) is 13.2. The fourth-order valence-electron chi connectivity index (χ4n) is 8.04. The van der Waals surface area contributed by atoms with Crippen LogP contribution in [0.3, 0.4) is 0 Å². The Morgan fingerprint density at radius 3 is 2.37 bits per heavy atom. The first-order chi connectivity index (χ1) is 21.7. The third-order valence-corrected chi connectivity index (χ3v) is 11.2. The number of hydrogen-bond acceptors (Lipinski definition) is 6. The molecular formula is C36H55N5O5. The van der Waals surface area contributed by atoms with Crippen LogP contribution in [-0.2, 0) is 19.2 Å². The molecule has 10 nitrogen and oxygen atoms in total. The Labute approximate surface area is 274 Å². The highest BCUT2D eigenvalue weighted by atomic mass is 16.5. The van der Waals surface area contributed by atoms with Crippen LogP contribution in [0.25, 0.3) is 0 Å². The SMILES string of the molecule is CCC[C@H](NC(=O)[C@@H]1[C@@H]2C(CN1C(=O)[C@@H](N)CC1CC1)C2(C)C)C(=O)N1CCC[C@@]1(C)C(=O)NC(C)COc1c(C)cccc1C. The number of nitrogens with zero attached hydrogens (tertiary/aromatic N) is 2. The number of carbonyl (C=O) groups excluding carboxylic acids is 4. The number of aryl methyl sites for hydroxylation is 2. The molecule has 10 heteroatoms. The zero-order valence-corrected chi connectivity index (χ0v) is 28.9. The van der Waals surface area contributed by atoms with Gasteiger partial charge in [-0.15, -0.1) is 0 Å². The highest BCUT2D eigenvalue weighted by Gasteiger charge is 2.69. The van der Waals surface area contributed by atoms with Gasteiger partial charge in [-0.2, -0.15) is 0 Å². The topological polar surface area (TPSA) is 134 Å². The van der Waals surface area contributed by atoms with E-state index in [-0.39, 0.29) is 46.9 Å². The van der Waals surface area contributed by atoms with Gasteiger partial charge in [0, 0.05) is 13.1 Å². The summed E-state index contributed by atoms with van der Waals surface area (Å²) >= 11 is 0. The van der Waals surface area contributed by atoms with Crippen molar-refractivity contribution in [2.75, 3.05) is 19.7 Å². The Morgan fingerprint density at radius 1 is 1.07 bits per heavy atom. The molecule has 4 aliphatic rings. The van der Waals surface area contributed by atoms with E-state index in [1.165, 1.54) is 0 Å². The maximum Gasteiger partial charge on any atom is 0.246 e. The minimum Gasteiger partial charge on any atom is -0.491 e. The molecular weight excluding hydrogens is 582 g/mol. The Balaban J connectivity index is 1.25. The molecule has 0 bridgehead atoms. The maximum atomic E-state index is 14.2. The summed E-state index contributed by atoms with van der Waals surface area (Å²) in [4.78, 5) is 58.7. The molecule has 2 unspecified atom stereocenters. The van der Waals surface area contributed by atoms with Crippen LogP contribution < -0.4 is 21.1 Å². The van der Waals surface area contributed by atoms with Gasteiger partial charge in [0.05, 0.1) is 12.1 Å². The fourth-order valence-corrected chi connectivity index (χ4v) is 8.04. The summed E-state index contributed by atoms with van der Waals surface area (Å²) in [5.74, 6) is 0.677. The second-order valence-corrected chi connectivity index (χ2v) is 15.3. The number of carbonyl (C=O) groups is 4. The van der Waals surface area contributed by atoms with Gasteiger partial charge < -0.3 is 30.9 Å². The van der Waals surface area contributed by atoms with Crippen molar-refractivity contribution in [1.29, 1.82) is 0 Å². The number of rotatable bonds is 13. The number of likely N-dealkylation sites (tertiary alicyclic amines) is 2. The maximum absolute atomic E-state index is 14.2. The Morgan fingerprint density at radius 2 is 1.74 bits per heavy atom. The Hall–Kier alpha value is -3.14. The van der Waals surface area contributed by atoms with Gasteiger partial charge in [0.15, 0.2) is 0 Å². The van der Waals surface area contributed by atoms with Crippen molar-refractivity contribution in [2.45, 2.75) is 123 Å². The van der Waals surface area contributed by atoms with Crippen LogP contribution in [0.2, 0.25) is 0 Å². The summed E-state index contributed by atoms with van der Waals surface area (Å²) in [7, 11) is 0.